The van der Waals surface area contributed by atoms with Crippen LogP contribution in [0.25, 0.3) is 5.52 Å². The normalized spacial score (nSPS) is 16.5. The van der Waals surface area contributed by atoms with Crippen LogP contribution in [0.3, 0.4) is 0 Å². The molecule has 1 amide bonds. The second-order valence-electron chi connectivity index (χ2n) is 6.50. The molecule has 4 aromatic rings. The van der Waals surface area contributed by atoms with Gasteiger partial charge in [-0.1, -0.05) is 17.7 Å². The molecule has 11 heteroatoms. The van der Waals surface area contributed by atoms with Crippen molar-refractivity contribution in [2.75, 3.05) is 6.54 Å². The van der Waals surface area contributed by atoms with Crippen LogP contribution in [0.1, 0.15) is 33.7 Å². The molecule has 0 bridgehead atoms. The van der Waals surface area contributed by atoms with E-state index in [1.807, 2.05) is 18.2 Å². The Bertz CT molecular complexity index is 1210. The maximum Gasteiger partial charge on any atom is 0.292 e. The number of imidazole rings is 1. The number of pyridine rings is 1. The molecule has 1 atom stereocenters. The lowest BCUT2D eigenvalue weighted by Gasteiger charge is -2.33. The summed E-state index contributed by atoms with van der Waals surface area (Å²) < 4.78 is 3.02. The van der Waals surface area contributed by atoms with Crippen LogP contribution in [0, 0.1) is 0 Å². The number of fused-ring (bicyclic) bond motifs is 2. The summed E-state index contributed by atoms with van der Waals surface area (Å²) in [6.07, 6.45) is 2.28. The van der Waals surface area contributed by atoms with Gasteiger partial charge in [-0.2, -0.15) is 10.1 Å². The van der Waals surface area contributed by atoms with E-state index in [1.165, 1.54) is 4.68 Å². The maximum absolute atomic E-state index is 13.3. The van der Waals surface area contributed by atoms with E-state index in [4.69, 9.17) is 23.2 Å². The van der Waals surface area contributed by atoms with E-state index in [2.05, 4.69) is 25.1 Å². The maximum atomic E-state index is 13.3. The number of rotatable bonds is 2. The highest BCUT2D eigenvalue weighted by atomic mass is 35.5. The van der Waals surface area contributed by atoms with Crippen molar-refractivity contribution in [1.29, 1.82) is 0 Å². The molecule has 1 N–H and O–H groups in total. The van der Waals surface area contributed by atoms with Crippen LogP contribution in [-0.2, 0) is 13.5 Å². The SMILES string of the molecule is Cn1nc(Cl)nc1C(=O)N1CCc2[nH]cnc2[C@@H]1c1cc2cccc(Cl)n2n1. The Kier molecular flexibility index (Phi) is 3.88. The van der Waals surface area contributed by atoms with Crippen LogP contribution in [0.2, 0.25) is 10.4 Å². The molecule has 0 fully saturated rings. The molecule has 0 radical (unpaired) electrons. The number of nitrogens with one attached hydrogen (secondary N) is 1. The summed E-state index contributed by atoms with van der Waals surface area (Å²) in [4.78, 5) is 26.6. The predicted molar refractivity (Wildman–Crippen MR) is 101 cm³/mol. The molecular formula is C17H14Cl2N8O. The molecule has 1 aliphatic rings. The molecule has 9 nitrogen and oxygen atoms in total. The Hall–Kier alpha value is -2.91. The molecule has 0 spiro atoms. The lowest BCUT2D eigenvalue weighted by Crippen LogP contribution is -2.42. The van der Waals surface area contributed by atoms with Crippen LogP contribution in [0.5, 0.6) is 0 Å². The number of H-pyrrole nitrogens is 1. The number of hydrogen-bond acceptors (Lipinski definition) is 5. The molecule has 0 aliphatic carbocycles. The summed E-state index contributed by atoms with van der Waals surface area (Å²) >= 11 is 12.1. The van der Waals surface area contributed by atoms with Crippen molar-refractivity contribution in [1.82, 2.24) is 39.2 Å². The van der Waals surface area contributed by atoms with E-state index < -0.39 is 6.04 Å². The molecule has 1 aliphatic heterocycles. The van der Waals surface area contributed by atoms with Gasteiger partial charge in [-0.05, 0) is 29.8 Å². The van der Waals surface area contributed by atoms with Gasteiger partial charge >= 0.3 is 0 Å². The lowest BCUT2D eigenvalue weighted by molar-refractivity contribution is 0.0669. The monoisotopic (exact) mass is 416 g/mol. The highest BCUT2D eigenvalue weighted by Gasteiger charge is 2.37. The number of hydrogen-bond donors (Lipinski definition) is 1. The van der Waals surface area contributed by atoms with Crippen molar-refractivity contribution in [3.8, 4) is 0 Å². The first-order chi connectivity index (χ1) is 13.5. The van der Waals surface area contributed by atoms with Crippen LogP contribution in [0.15, 0.2) is 30.6 Å². The number of amides is 1. The predicted octanol–water partition coefficient (Wildman–Crippen LogP) is 2.28. The summed E-state index contributed by atoms with van der Waals surface area (Å²) in [5.41, 5.74) is 3.24. The van der Waals surface area contributed by atoms with Crippen LogP contribution < -0.4 is 0 Å². The van der Waals surface area contributed by atoms with Crippen molar-refractivity contribution >= 4 is 34.6 Å². The van der Waals surface area contributed by atoms with E-state index in [0.29, 0.717) is 23.8 Å². The zero-order chi connectivity index (χ0) is 19.4. The standard InChI is InChI=1S/C17H14Cl2N8O/c1-25-15(22-17(19)24-25)16(28)26-6-5-10-13(21-8-20-10)14(26)11-7-9-3-2-4-12(18)27(9)23-11/h2-4,7-8,14H,5-6H2,1H3,(H,20,21)/t14-/m0/s1. The Balaban J connectivity index is 1.65. The molecule has 28 heavy (non-hydrogen) atoms. The molecule has 142 valence electrons. The van der Waals surface area contributed by atoms with Crippen molar-refractivity contribution in [2.45, 2.75) is 12.5 Å². The third-order valence-corrected chi connectivity index (χ3v) is 5.30. The fourth-order valence-electron chi connectivity index (χ4n) is 3.60. The van der Waals surface area contributed by atoms with Gasteiger partial charge in [0.25, 0.3) is 5.91 Å². The second-order valence-corrected chi connectivity index (χ2v) is 7.23. The fraction of sp³-hybridized carbons (Fsp3) is 0.235. The third-order valence-electron chi connectivity index (χ3n) is 4.85. The van der Waals surface area contributed by atoms with E-state index >= 15 is 0 Å². The first-order valence-corrected chi connectivity index (χ1v) is 9.32. The molecule has 4 aromatic heterocycles. The van der Waals surface area contributed by atoms with E-state index in [-0.39, 0.29) is 17.0 Å². The summed E-state index contributed by atoms with van der Waals surface area (Å²) in [5.74, 6) is -0.125. The van der Waals surface area contributed by atoms with Crippen LogP contribution in [0.4, 0.5) is 0 Å². The van der Waals surface area contributed by atoms with Crippen molar-refractivity contribution in [3.05, 3.63) is 63.9 Å². The molecule has 0 saturated carbocycles. The van der Waals surface area contributed by atoms with Gasteiger partial charge in [0.15, 0.2) is 0 Å². The number of carbonyl (C=O) groups excluding carboxylic acids is 1. The summed E-state index contributed by atoms with van der Waals surface area (Å²) in [6, 6.07) is 6.95. The molecule has 0 unspecified atom stereocenters. The van der Waals surface area contributed by atoms with Gasteiger partial charge in [0.2, 0.25) is 11.1 Å². The number of aromatic amines is 1. The Morgan fingerprint density at radius 2 is 2.14 bits per heavy atom. The minimum absolute atomic E-state index is 0.0272. The third kappa shape index (κ3) is 2.58. The molecule has 5 heterocycles. The Morgan fingerprint density at radius 3 is 2.89 bits per heavy atom. The molecule has 0 aromatic carbocycles. The zero-order valence-electron chi connectivity index (χ0n) is 14.7. The number of nitrogens with zero attached hydrogens (tertiary/aromatic N) is 7. The number of halogens is 2. The highest BCUT2D eigenvalue weighted by molar-refractivity contribution is 6.29. The fourth-order valence-corrected chi connectivity index (χ4v) is 4.00. The smallest absolute Gasteiger partial charge is 0.292 e. The molecular weight excluding hydrogens is 403 g/mol. The van der Waals surface area contributed by atoms with Gasteiger partial charge < -0.3 is 9.88 Å². The number of carbonyl (C=O) groups is 1. The first-order valence-electron chi connectivity index (χ1n) is 8.57. The van der Waals surface area contributed by atoms with Gasteiger partial charge in [-0.3, -0.25) is 4.79 Å². The molecule has 0 saturated heterocycles. The summed E-state index contributed by atoms with van der Waals surface area (Å²) in [6.45, 7) is 0.477. The number of aryl methyl sites for hydroxylation is 1. The minimum atomic E-state index is -0.478. The van der Waals surface area contributed by atoms with Crippen LogP contribution in [-0.4, -0.2) is 51.7 Å². The van der Waals surface area contributed by atoms with Gasteiger partial charge in [-0.15, -0.1) is 5.10 Å². The van der Waals surface area contributed by atoms with E-state index in [1.54, 1.807) is 28.9 Å². The van der Waals surface area contributed by atoms with Crippen molar-refractivity contribution in [2.24, 2.45) is 7.05 Å². The van der Waals surface area contributed by atoms with Gasteiger partial charge in [0.1, 0.15) is 11.2 Å². The summed E-state index contributed by atoms with van der Waals surface area (Å²) in [7, 11) is 1.63. The van der Waals surface area contributed by atoms with E-state index in [0.717, 1.165) is 16.9 Å². The minimum Gasteiger partial charge on any atom is -0.348 e. The largest absolute Gasteiger partial charge is 0.348 e. The topological polar surface area (TPSA) is 97.0 Å². The van der Waals surface area contributed by atoms with E-state index in [9.17, 15) is 4.79 Å². The second kappa shape index (κ2) is 6.32. The first kappa shape index (κ1) is 17.2. The van der Waals surface area contributed by atoms with Crippen molar-refractivity contribution in [3.63, 3.8) is 0 Å². The molecule has 5 rings (SSSR count). The Morgan fingerprint density at radius 1 is 1.29 bits per heavy atom. The van der Waals surface area contributed by atoms with Crippen LogP contribution >= 0.6 is 23.2 Å². The number of aromatic nitrogens is 7. The Labute approximate surface area is 168 Å². The van der Waals surface area contributed by atoms with Gasteiger partial charge in [-0.25, -0.2) is 14.2 Å². The van der Waals surface area contributed by atoms with Gasteiger partial charge in [0.05, 0.1) is 23.2 Å². The highest BCUT2D eigenvalue weighted by Crippen LogP contribution is 2.34. The van der Waals surface area contributed by atoms with Crippen molar-refractivity contribution < 1.29 is 4.79 Å². The van der Waals surface area contributed by atoms with Gasteiger partial charge in [0, 0.05) is 25.7 Å². The average Bonchev–Trinajstić information content (AvgIpc) is 3.38. The lowest BCUT2D eigenvalue weighted by atomic mass is 9.99. The summed E-state index contributed by atoms with van der Waals surface area (Å²) in [5, 5.41) is 9.12. The quantitative estimate of drug-likeness (QED) is 0.505. The zero-order valence-corrected chi connectivity index (χ0v) is 16.2. The average molecular weight is 417 g/mol.